The number of fused-ring (bicyclic) bond motifs is 1. The Bertz CT molecular complexity index is 495. The Morgan fingerprint density at radius 1 is 1.29 bits per heavy atom. The SMILES string of the molecule is O=C(COc1cccc(Cl)c1)N1CC[C@@H]2CNC[C@@H]2CC1. The maximum atomic E-state index is 12.3. The molecule has 2 aliphatic heterocycles. The average Bonchev–Trinajstić information content (AvgIpc) is 2.83. The number of rotatable bonds is 3. The van der Waals surface area contributed by atoms with Gasteiger partial charge in [-0.25, -0.2) is 0 Å². The van der Waals surface area contributed by atoms with Crippen LogP contribution in [0.1, 0.15) is 12.8 Å². The zero-order valence-electron chi connectivity index (χ0n) is 12.1. The summed E-state index contributed by atoms with van der Waals surface area (Å²) < 4.78 is 5.55. The van der Waals surface area contributed by atoms with Crippen LogP contribution in [0, 0.1) is 11.8 Å². The molecule has 2 fully saturated rings. The minimum Gasteiger partial charge on any atom is -0.484 e. The first-order valence-corrected chi connectivity index (χ1v) is 7.97. The maximum absolute atomic E-state index is 12.3. The van der Waals surface area contributed by atoms with Crippen LogP contribution >= 0.6 is 11.6 Å². The minimum atomic E-state index is 0.0721. The van der Waals surface area contributed by atoms with Gasteiger partial charge in [0.25, 0.3) is 5.91 Å². The van der Waals surface area contributed by atoms with E-state index in [2.05, 4.69) is 5.32 Å². The second kappa shape index (κ2) is 6.67. The van der Waals surface area contributed by atoms with Crippen LogP contribution in [0.2, 0.25) is 5.02 Å². The molecule has 0 bridgehead atoms. The first-order chi connectivity index (χ1) is 10.2. The molecule has 0 saturated carbocycles. The Balaban J connectivity index is 1.51. The van der Waals surface area contributed by atoms with Crippen LogP contribution in [0.25, 0.3) is 0 Å². The predicted octanol–water partition coefficient (Wildman–Crippen LogP) is 2.18. The first kappa shape index (κ1) is 14.7. The van der Waals surface area contributed by atoms with Gasteiger partial charge in [-0.3, -0.25) is 4.79 Å². The van der Waals surface area contributed by atoms with Gasteiger partial charge in [-0.05, 0) is 56.0 Å². The van der Waals surface area contributed by atoms with Crippen LogP contribution in [-0.2, 0) is 4.79 Å². The fraction of sp³-hybridized carbons (Fsp3) is 0.562. The van der Waals surface area contributed by atoms with E-state index >= 15 is 0 Å². The van der Waals surface area contributed by atoms with E-state index in [1.807, 2.05) is 17.0 Å². The largest absolute Gasteiger partial charge is 0.484 e. The number of hydrogen-bond acceptors (Lipinski definition) is 3. The van der Waals surface area contributed by atoms with Gasteiger partial charge in [-0.1, -0.05) is 17.7 Å². The number of halogens is 1. The van der Waals surface area contributed by atoms with Crippen LogP contribution < -0.4 is 10.1 Å². The number of likely N-dealkylation sites (tertiary alicyclic amines) is 1. The van der Waals surface area contributed by atoms with Crippen LogP contribution in [0.3, 0.4) is 0 Å². The van der Waals surface area contributed by atoms with Crippen molar-refractivity contribution in [1.82, 2.24) is 10.2 Å². The fourth-order valence-corrected chi connectivity index (χ4v) is 3.44. The molecule has 2 aliphatic rings. The van der Waals surface area contributed by atoms with Crippen molar-refractivity contribution in [3.8, 4) is 5.75 Å². The van der Waals surface area contributed by atoms with Crippen LogP contribution in [0.5, 0.6) is 5.75 Å². The zero-order valence-corrected chi connectivity index (χ0v) is 12.8. The van der Waals surface area contributed by atoms with Gasteiger partial charge in [0.2, 0.25) is 0 Å². The van der Waals surface area contributed by atoms with Gasteiger partial charge in [-0.2, -0.15) is 0 Å². The topological polar surface area (TPSA) is 41.6 Å². The number of benzene rings is 1. The Kier molecular flexibility index (Phi) is 4.66. The third-order valence-electron chi connectivity index (χ3n) is 4.53. The zero-order chi connectivity index (χ0) is 14.7. The van der Waals surface area contributed by atoms with E-state index < -0.39 is 0 Å². The third kappa shape index (κ3) is 3.69. The summed E-state index contributed by atoms with van der Waals surface area (Å²) in [6.45, 7) is 3.99. The van der Waals surface area contributed by atoms with Gasteiger partial charge >= 0.3 is 0 Å². The highest BCUT2D eigenvalue weighted by Crippen LogP contribution is 2.27. The molecule has 3 rings (SSSR count). The van der Waals surface area contributed by atoms with Crippen molar-refractivity contribution in [3.63, 3.8) is 0 Å². The van der Waals surface area contributed by atoms with E-state index in [-0.39, 0.29) is 12.5 Å². The van der Waals surface area contributed by atoms with Crippen LogP contribution in [-0.4, -0.2) is 43.6 Å². The van der Waals surface area contributed by atoms with Crippen molar-refractivity contribution < 1.29 is 9.53 Å². The molecule has 0 aliphatic carbocycles. The van der Waals surface area contributed by atoms with E-state index in [0.29, 0.717) is 10.8 Å². The Morgan fingerprint density at radius 2 is 2.00 bits per heavy atom. The average molecular weight is 309 g/mol. The summed E-state index contributed by atoms with van der Waals surface area (Å²) in [5.74, 6) is 2.18. The summed E-state index contributed by atoms with van der Waals surface area (Å²) in [5, 5.41) is 4.07. The van der Waals surface area contributed by atoms with Crippen molar-refractivity contribution >= 4 is 17.5 Å². The summed E-state index contributed by atoms with van der Waals surface area (Å²) in [5.41, 5.74) is 0. The number of nitrogens with zero attached hydrogens (tertiary/aromatic N) is 1. The Labute approximate surface area is 130 Å². The summed E-state index contributed by atoms with van der Waals surface area (Å²) in [7, 11) is 0. The number of nitrogens with one attached hydrogen (secondary N) is 1. The number of hydrogen-bond donors (Lipinski definition) is 1. The van der Waals surface area contributed by atoms with E-state index in [0.717, 1.165) is 50.9 Å². The van der Waals surface area contributed by atoms with Crippen LogP contribution in [0.4, 0.5) is 0 Å². The molecule has 0 spiro atoms. The minimum absolute atomic E-state index is 0.0721. The molecular weight excluding hydrogens is 288 g/mol. The van der Waals surface area contributed by atoms with Gasteiger partial charge in [0.05, 0.1) is 0 Å². The number of ether oxygens (including phenoxy) is 1. The predicted molar refractivity (Wildman–Crippen MR) is 82.6 cm³/mol. The molecule has 1 aromatic carbocycles. The Hall–Kier alpha value is -1.26. The summed E-state index contributed by atoms with van der Waals surface area (Å²) >= 11 is 5.90. The van der Waals surface area contributed by atoms with Crippen molar-refractivity contribution in [3.05, 3.63) is 29.3 Å². The number of carbonyl (C=O) groups is 1. The van der Waals surface area contributed by atoms with Gasteiger partial charge in [0.15, 0.2) is 6.61 Å². The van der Waals surface area contributed by atoms with Crippen molar-refractivity contribution in [2.75, 3.05) is 32.8 Å². The molecule has 21 heavy (non-hydrogen) atoms. The van der Waals surface area contributed by atoms with Crippen molar-refractivity contribution in [2.45, 2.75) is 12.8 Å². The smallest absolute Gasteiger partial charge is 0.260 e. The van der Waals surface area contributed by atoms with E-state index in [1.54, 1.807) is 12.1 Å². The molecule has 4 nitrogen and oxygen atoms in total. The Morgan fingerprint density at radius 3 is 2.67 bits per heavy atom. The summed E-state index contributed by atoms with van der Waals surface area (Å²) in [4.78, 5) is 14.2. The highest BCUT2D eigenvalue weighted by atomic mass is 35.5. The van der Waals surface area contributed by atoms with Gasteiger partial charge in [-0.15, -0.1) is 0 Å². The van der Waals surface area contributed by atoms with E-state index in [4.69, 9.17) is 16.3 Å². The van der Waals surface area contributed by atoms with E-state index in [1.165, 1.54) is 0 Å². The molecule has 0 radical (unpaired) electrons. The highest BCUT2D eigenvalue weighted by Gasteiger charge is 2.31. The maximum Gasteiger partial charge on any atom is 0.260 e. The monoisotopic (exact) mass is 308 g/mol. The molecular formula is C16H21ClN2O2. The van der Waals surface area contributed by atoms with E-state index in [9.17, 15) is 4.79 Å². The third-order valence-corrected chi connectivity index (χ3v) is 4.77. The lowest BCUT2D eigenvalue weighted by atomic mass is 9.92. The van der Waals surface area contributed by atoms with Gasteiger partial charge in [0, 0.05) is 18.1 Å². The van der Waals surface area contributed by atoms with Gasteiger partial charge in [0.1, 0.15) is 5.75 Å². The normalized spacial score (nSPS) is 25.3. The fourth-order valence-electron chi connectivity index (χ4n) is 3.26. The quantitative estimate of drug-likeness (QED) is 0.930. The molecule has 2 saturated heterocycles. The summed E-state index contributed by atoms with van der Waals surface area (Å²) in [6, 6.07) is 7.16. The molecule has 2 heterocycles. The molecule has 5 heteroatoms. The second-order valence-electron chi connectivity index (χ2n) is 5.88. The molecule has 114 valence electrons. The molecule has 0 aromatic heterocycles. The molecule has 0 unspecified atom stereocenters. The standard InChI is InChI=1S/C16H21ClN2O2/c17-14-2-1-3-15(8-14)21-11-16(20)19-6-4-12-9-18-10-13(12)5-7-19/h1-3,8,12-13,18H,4-7,9-11H2/t12-,13+. The number of amides is 1. The lowest BCUT2D eigenvalue weighted by Gasteiger charge is -2.21. The first-order valence-electron chi connectivity index (χ1n) is 7.59. The lowest BCUT2D eigenvalue weighted by molar-refractivity contribution is -0.133. The van der Waals surface area contributed by atoms with Gasteiger partial charge < -0.3 is 15.0 Å². The summed E-state index contributed by atoms with van der Waals surface area (Å²) in [6.07, 6.45) is 2.20. The van der Waals surface area contributed by atoms with Crippen molar-refractivity contribution in [2.24, 2.45) is 11.8 Å². The lowest BCUT2D eigenvalue weighted by Crippen LogP contribution is -2.36. The van der Waals surface area contributed by atoms with Crippen molar-refractivity contribution in [1.29, 1.82) is 0 Å². The second-order valence-corrected chi connectivity index (χ2v) is 6.32. The van der Waals surface area contributed by atoms with Crippen LogP contribution in [0.15, 0.2) is 24.3 Å². The highest BCUT2D eigenvalue weighted by molar-refractivity contribution is 6.30. The molecule has 1 amide bonds. The molecule has 1 aromatic rings. The number of carbonyl (C=O) groups excluding carboxylic acids is 1. The molecule has 1 N–H and O–H groups in total. The molecule has 2 atom stereocenters.